The maximum Gasteiger partial charge on any atom is 0.261 e. The summed E-state index contributed by atoms with van der Waals surface area (Å²) in [6, 6.07) is 9.36. The number of ether oxygens (including phenoxy) is 1. The van der Waals surface area contributed by atoms with E-state index in [-0.39, 0.29) is 18.6 Å². The minimum absolute atomic E-state index is 0.0106. The molecule has 1 aliphatic heterocycles. The molecule has 2 heterocycles. The molecule has 1 aromatic heterocycles. The third kappa shape index (κ3) is 2.81. The molecule has 1 saturated carbocycles. The van der Waals surface area contributed by atoms with Crippen molar-refractivity contribution < 1.29 is 9.53 Å². The van der Waals surface area contributed by atoms with Gasteiger partial charge in [0.25, 0.3) is 5.91 Å². The van der Waals surface area contributed by atoms with Crippen LogP contribution in [0.25, 0.3) is 0 Å². The Labute approximate surface area is 135 Å². The molecule has 1 atom stereocenters. The second kappa shape index (κ2) is 5.68. The zero-order chi connectivity index (χ0) is 15.8. The van der Waals surface area contributed by atoms with Gasteiger partial charge in [-0.25, -0.2) is 9.67 Å². The molecule has 120 valence electrons. The van der Waals surface area contributed by atoms with Crippen LogP contribution in [-0.4, -0.2) is 38.7 Å². The highest BCUT2D eigenvalue weighted by atomic mass is 16.5. The Balaban J connectivity index is 1.43. The molecule has 0 N–H and O–H groups in total. The number of nitrogens with zero attached hydrogens (tertiary/aromatic N) is 4. The van der Waals surface area contributed by atoms with Gasteiger partial charge in [-0.1, -0.05) is 18.2 Å². The summed E-state index contributed by atoms with van der Waals surface area (Å²) < 4.78 is 7.54. The van der Waals surface area contributed by atoms with Crippen molar-refractivity contribution in [1.29, 1.82) is 0 Å². The van der Waals surface area contributed by atoms with Gasteiger partial charge in [0.1, 0.15) is 11.6 Å². The molecular weight excluding hydrogens is 292 g/mol. The molecule has 1 fully saturated rings. The minimum Gasteiger partial charge on any atom is -0.484 e. The summed E-state index contributed by atoms with van der Waals surface area (Å²) in [5.41, 5.74) is 0. The van der Waals surface area contributed by atoms with Crippen LogP contribution in [0.15, 0.2) is 30.3 Å². The summed E-state index contributed by atoms with van der Waals surface area (Å²) in [5, 5.41) is 4.59. The van der Waals surface area contributed by atoms with E-state index in [4.69, 9.17) is 4.74 Å². The Hall–Kier alpha value is -2.37. The number of hydrogen-bond donors (Lipinski definition) is 0. The summed E-state index contributed by atoms with van der Waals surface area (Å²) in [5.74, 6) is 3.08. The fourth-order valence-electron chi connectivity index (χ4n) is 2.98. The predicted octanol–water partition coefficient (Wildman–Crippen LogP) is 2.14. The molecule has 23 heavy (non-hydrogen) atoms. The normalized spacial score (nSPS) is 20.2. The summed E-state index contributed by atoms with van der Waals surface area (Å²) in [6.45, 7) is 3.42. The second-order valence-electron chi connectivity index (χ2n) is 6.19. The van der Waals surface area contributed by atoms with E-state index in [1.807, 2.05) is 46.8 Å². The molecular formula is C17H20N4O2. The van der Waals surface area contributed by atoms with Crippen LogP contribution < -0.4 is 4.74 Å². The maximum absolute atomic E-state index is 12.5. The minimum atomic E-state index is -0.0596. The van der Waals surface area contributed by atoms with E-state index in [1.165, 1.54) is 12.8 Å². The number of fused-ring (bicyclic) bond motifs is 1. The van der Waals surface area contributed by atoms with Gasteiger partial charge in [-0.15, -0.1) is 0 Å². The number of benzene rings is 1. The van der Waals surface area contributed by atoms with Crippen LogP contribution in [0, 0.1) is 0 Å². The quantitative estimate of drug-likeness (QED) is 0.868. The van der Waals surface area contributed by atoms with Gasteiger partial charge in [0.15, 0.2) is 12.4 Å². The van der Waals surface area contributed by atoms with Crippen molar-refractivity contribution >= 4 is 5.91 Å². The molecule has 0 unspecified atom stereocenters. The van der Waals surface area contributed by atoms with Gasteiger partial charge in [0.05, 0.1) is 12.6 Å². The fourth-order valence-corrected chi connectivity index (χ4v) is 2.98. The lowest BCUT2D eigenvalue weighted by atomic mass is 10.2. The number of carbonyl (C=O) groups excluding carboxylic acids is 1. The number of carbonyl (C=O) groups is 1. The van der Waals surface area contributed by atoms with Gasteiger partial charge in [0.2, 0.25) is 0 Å². The van der Waals surface area contributed by atoms with E-state index in [0.717, 1.165) is 11.6 Å². The van der Waals surface area contributed by atoms with E-state index < -0.39 is 0 Å². The average Bonchev–Trinajstić information content (AvgIpc) is 3.33. The highest BCUT2D eigenvalue weighted by Crippen LogP contribution is 2.39. The number of para-hydroxylation sites is 1. The second-order valence-corrected chi connectivity index (χ2v) is 6.19. The van der Waals surface area contributed by atoms with Gasteiger partial charge < -0.3 is 9.64 Å². The van der Waals surface area contributed by atoms with Crippen LogP contribution in [0.5, 0.6) is 5.75 Å². The molecule has 6 heteroatoms. The highest BCUT2D eigenvalue weighted by molar-refractivity contribution is 5.78. The van der Waals surface area contributed by atoms with Gasteiger partial charge in [0, 0.05) is 12.5 Å². The maximum atomic E-state index is 12.5. The number of aromatic nitrogens is 3. The highest BCUT2D eigenvalue weighted by Gasteiger charge is 2.34. The zero-order valence-corrected chi connectivity index (χ0v) is 13.2. The van der Waals surface area contributed by atoms with Crippen molar-refractivity contribution in [3.63, 3.8) is 0 Å². The van der Waals surface area contributed by atoms with Crippen LogP contribution in [0.2, 0.25) is 0 Å². The lowest BCUT2D eigenvalue weighted by molar-refractivity contribution is -0.136. The Morgan fingerprint density at radius 3 is 2.78 bits per heavy atom. The predicted molar refractivity (Wildman–Crippen MR) is 84.1 cm³/mol. The first-order chi connectivity index (χ1) is 11.2. The van der Waals surface area contributed by atoms with E-state index in [2.05, 4.69) is 10.1 Å². The monoisotopic (exact) mass is 312 g/mol. The summed E-state index contributed by atoms with van der Waals surface area (Å²) in [6.07, 6.45) is 2.37. The first kappa shape index (κ1) is 14.2. The molecule has 1 amide bonds. The largest absolute Gasteiger partial charge is 0.484 e. The molecule has 0 spiro atoms. The standard InChI is InChI=1S/C17H20N4O2/c1-12-17-18-16(13-7-8-13)19-21(17)10-9-20(12)15(22)11-23-14-5-3-2-4-6-14/h2-6,12-13H,7-11H2,1H3/t12-/m1/s1. The van der Waals surface area contributed by atoms with Gasteiger partial charge in [-0.2, -0.15) is 5.10 Å². The van der Waals surface area contributed by atoms with Gasteiger partial charge >= 0.3 is 0 Å². The molecule has 0 bridgehead atoms. The fraction of sp³-hybridized carbons (Fsp3) is 0.471. The van der Waals surface area contributed by atoms with E-state index >= 15 is 0 Å². The summed E-state index contributed by atoms with van der Waals surface area (Å²) in [4.78, 5) is 19.0. The van der Waals surface area contributed by atoms with Crippen molar-refractivity contribution in [3.05, 3.63) is 42.0 Å². The van der Waals surface area contributed by atoms with Crippen LogP contribution >= 0.6 is 0 Å². The Morgan fingerprint density at radius 1 is 1.26 bits per heavy atom. The third-order valence-electron chi connectivity index (χ3n) is 4.48. The van der Waals surface area contributed by atoms with Gasteiger partial charge in [-0.3, -0.25) is 4.79 Å². The average molecular weight is 312 g/mol. The van der Waals surface area contributed by atoms with Crippen molar-refractivity contribution in [1.82, 2.24) is 19.7 Å². The van der Waals surface area contributed by atoms with E-state index in [1.54, 1.807) is 0 Å². The molecule has 4 rings (SSSR count). The van der Waals surface area contributed by atoms with Crippen molar-refractivity contribution in [2.45, 2.75) is 38.3 Å². The van der Waals surface area contributed by atoms with E-state index in [0.29, 0.717) is 24.8 Å². The van der Waals surface area contributed by atoms with Crippen molar-refractivity contribution in [2.24, 2.45) is 0 Å². The Morgan fingerprint density at radius 2 is 2.04 bits per heavy atom. The summed E-state index contributed by atoms with van der Waals surface area (Å²) in [7, 11) is 0. The Bertz CT molecular complexity index is 709. The number of rotatable bonds is 4. The first-order valence-corrected chi connectivity index (χ1v) is 8.14. The molecule has 1 aromatic carbocycles. The van der Waals surface area contributed by atoms with Crippen LogP contribution in [0.4, 0.5) is 0 Å². The van der Waals surface area contributed by atoms with Gasteiger partial charge in [-0.05, 0) is 31.9 Å². The summed E-state index contributed by atoms with van der Waals surface area (Å²) >= 11 is 0. The first-order valence-electron chi connectivity index (χ1n) is 8.14. The van der Waals surface area contributed by atoms with Crippen LogP contribution in [0.1, 0.15) is 43.4 Å². The molecule has 2 aromatic rings. The number of amides is 1. The van der Waals surface area contributed by atoms with Crippen molar-refractivity contribution in [3.8, 4) is 5.75 Å². The molecule has 6 nitrogen and oxygen atoms in total. The van der Waals surface area contributed by atoms with Crippen LogP contribution in [0.3, 0.4) is 0 Å². The molecule has 2 aliphatic rings. The van der Waals surface area contributed by atoms with Crippen LogP contribution in [-0.2, 0) is 11.3 Å². The smallest absolute Gasteiger partial charge is 0.261 e. The van der Waals surface area contributed by atoms with E-state index in [9.17, 15) is 4.79 Å². The molecule has 0 radical (unpaired) electrons. The molecule has 0 saturated heterocycles. The zero-order valence-electron chi connectivity index (χ0n) is 13.2. The lowest BCUT2D eigenvalue weighted by Gasteiger charge is -2.32. The molecule has 1 aliphatic carbocycles. The lowest BCUT2D eigenvalue weighted by Crippen LogP contribution is -2.43. The Kier molecular flexibility index (Phi) is 3.52. The topological polar surface area (TPSA) is 60.2 Å². The number of hydrogen-bond acceptors (Lipinski definition) is 4. The SMILES string of the molecule is C[C@@H]1c2nc(C3CC3)nn2CCN1C(=O)COc1ccccc1. The van der Waals surface area contributed by atoms with Crippen molar-refractivity contribution in [2.75, 3.05) is 13.2 Å². The third-order valence-corrected chi connectivity index (χ3v) is 4.48.